The molecule has 32 heavy (non-hydrogen) atoms. The molecule has 0 aromatic heterocycles. The molecule has 1 heterocycles. The highest BCUT2D eigenvalue weighted by atomic mass is 31.1. The molecule has 1 aliphatic rings. The molecule has 0 aliphatic carbocycles. The Labute approximate surface area is 195 Å². The molecule has 1 aromatic carbocycles. The van der Waals surface area contributed by atoms with Gasteiger partial charge in [0.15, 0.2) is 0 Å². The zero-order chi connectivity index (χ0) is 23.8. The Balaban J connectivity index is 1.73. The minimum Gasteiger partial charge on any atom is -0.497 e. The lowest BCUT2D eigenvalue weighted by atomic mass is 9.84. The van der Waals surface area contributed by atoms with E-state index in [2.05, 4.69) is 44.6 Å². The van der Waals surface area contributed by atoms with Crippen LogP contribution >= 0.6 is 8.58 Å². The van der Waals surface area contributed by atoms with Gasteiger partial charge in [0.25, 0.3) is 0 Å². The van der Waals surface area contributed by atoms with Gasteiger partial charge in [0.1, 0.15) is 5.75 Å². The molecule has 2 unspecified atom stereocenters. The van der Waals surface area contributed by atoms with Gasteiger partial charge in [0, 0.05) is 45.3 Å². The van der Waals surface area contributed by atoms with Crippen LogP contribution in [0.15, 0.2) is 30.3 Å². The highest BCUT2D eigenvalue weighted by molar-refractivity contribution is 7.40. The number of hydrogen-bond donors (Lipinski definition) is 1. The van der Waals surface area contributed by atoms with Crippen molar-refractivity contribution in [1.29, 1.82) is 0 Å². The van der Waals surface area contributed by atoms with Crippen LogP contribution in [0.3, 0.4) is 0 Å². The molecule has 6 nitrogen and oxygen atoms in total. The van der Waals surface area contributed by atoms with Crippen LogP contribution in [0.1, 0.15) is 39.7 Å². The van der Waals surface area contributed by atoms with Gasteiger partial charge in [-0.3, -0.25) is 14.5 Å². The summed E-state index contributed by atoms with van der Waals surface area (Å²) in [6.45, 7) is 15.5. The Morgan fingerprint density at radius 2 is 1.72 bits per heavy atom. The van der Waals surface area contributed by atoms with Crippen molar-refractivity contribution in [2.45, 2.75) is 39.3 Å². The fraction of sp³-hybridized carbons (Fsp3) is 0.600. The van der Waals surface area contributed by atoms with Gasteiger partial charge in [0.2, 0.25) is 11.8 Å². The third-order valence-electron chi connectivity index (χ3n) is 5.84. The summed E-state index contributed by atoms with van der Waals surface area (Å²) in [4.78, 5) is 29.6. The van der Waals surface area contributed by atoms with Crippen molar-refractivity contribution in [2.24, 2.45) is 5.41 Å². The second kappa shape index (κ2) is 11.8. The Morgan fingerprint density at radius 1 is 1.09 bits per heavy atom. The zero-order valence-corrected chi connectivity index (χ0v) is 21.5. The summed E-state index contributed by atoms with van der Waals surface area (Å²) >= 11 is 0. The van der Waals surface area contributed by atoms with Gasteiger partial charge in [-0.2, -0.15) is 0 Å². The predicted octanol–water partition coefficient (Wildman–Crippen LogP) is 3.47. The monoisotopic (exact) mass is 461 g/mol. The van der Waals surface area contributed by atoms with E-state index >= 15 is 0 Å². The number of piperazine rings is 1. The summed E-state index contributed by atoms with van der Waals surface area (Å²) in [6.07, 6.45) is 4.26. The minimum absolute atomic E-state index is 0.100. The lowest BCUT2D eigenvalue weighted by molar-refractivity contribution is -0.136. The maximum absolute atomic E-state index is 13.2. The maximum atomic E-state index is 13.2. The van der Waals surface area contributed by atoms with Crippen LogP contribution in [0.5, 0.6) is 5.75 Å². The topological polar surface area (TPSA) is 61.9 Å². The third-order valence-corrected chi connectivity index (χ3v) is 7.33. The minimum atomic E-state index is -0.273. The Bertz CT molecular complexity index is 781. The molecule has 0 saturated carbocycles. The van der Waals surface area contributed by atoms with Crippen molar-refractivity contribution in [3.63, 3.8) is 0 Å². The first kappa shape index (κ1) is 26.3. The zero-order valence-electron chi connectivity index (χ0n) is 20.5. The quantitative estimate of drug-likeness (QED) is 0.452. The number of nitrogens with zero attached hydrogens (tertiary/aromatic N) is 2. The summed E-state index contributed by atoms with van der Waals surface area (Å²) in [5.41, 5.74) is 1.09. The van der Waals surface area contributed by atoms with Crippen LogP contribution in [0, 0.1) is 5.41 Å². The SMILES string of the molecule is COc1ccc(/C=C/C(=O)NCCN2CCN(C(=O)C(C)(CC(C)(C)C)PC)CC2)cc1. The van der Waals surface area contributed by atoms with E-state index in [-0.39, 0.29) is 16.5 Å². The van der Waals surface area contributed by atoms with E-state index in [0.29, 0.717) is 21.0 Å². The molecule has 1 saturated heterocycles. The van der Waals surface area contributed by atoms with Crippen molar-refractivity contribution < 1.29 is 14.3 Å². The molecule has 2 amide bonds. The molecule has 2 atom stereocenters. The molecule has 178 valence electrons. The first-order chi connectivity index (χ1) is 15.1. The van der Waals surface area contributed by atoms with Crippen LogP contribution in [-0.2, 0) is 9.59 Å². The number of ether oxygens (including phenoxy) is 1. The first-order valence-corrected chi connectivity index (χ1v) is 12.9. The Kier molecular flexibility index (Phi) is 9.72. The number of hydrogen-bond acceptors (Lipinski definition) is 4. The van der Waals surface area contributed by atoms with E-state index in [1.807, 2.05) is 29.2 Å². The van der Waals surface area contributed by atoms with Crippen LogP contribution in [-0.4, -0.2) is 79.8 Å². The largest absolute Gasteiger partial charge is 0.497 e. The van der Waals surface area contributed by atoms with Gasteiger partial charge in [-0.15, -0.1) is 8.58 Å². The maximum Gasteiger partial charge on any atom is 0.244 e. The standard InChI is InChI=1S/C25H40N3O3P/c1-24(2,3)19-25(4,32-6)23(30)28-17-15-27(16-18-28)14-13-26-22(29)12-9-20-7-10-21(31-5)11-8-20/h7-12,32H,13-19H2,1-6H3,(H,26,29)/b12-9+. The average Bonchev–Trinajstić information content (AvgIpc) is 2.76. The molecule has 1 N–H and O–H groups in total. The van der Waals surface area contributed by atoms with E-state index in [1.165, 1.54) is 0 Å². The molecule has 1 fully saturated rings. The fourth-order valence-electron chi connectivity index (χ4n) is 4.14. The average molecular weight is 462 g/mol. The lowest BCUT2D eigenvalue weighted by Crippen LogP contribution is -2.55. The highest BCUT2D eigenvalue weighted by Crippen LogP contribution is 2.41. The van der Waals surface area contributed by atoms with Gasteiger partial charge in [-0.1, -0.05) is 32.9 Å². The summed E-state index contributed by atoms with van der Waals surface area (Å²) in [5.74, 6) is 0.990. The number of rotatable bonds is 9. The van der Waals surface area contributed by atoms with E-state index in [1.54, 1.807) is 19.3 Å². The Morgan fingerprint density at radius 3 is 2.25 bits per heavy atom. The smallest absolute Gasteiger partial charge is 0.244 e. The van der Waals surface area contributed by atoms with Gasteiger partial charge in [-0.05, 0) is 49.2 Å². The van der Waals surface area contributed by atoms with Gasteiger partial charge in [-0.25, -0.2) is 0 Å². The Hall–Kier alpha value is -1.91. The van der Waals surface area contributed by atoms with Crippen LogP contribution in [0.4, 0.5) is 0 Å². The molecule has 2 rings (SSSR count). The third kappa shape index (κ3) is 8.22. The molecular weight excluding hydrogens is 421 g/mol. The molecule has 1 aromatic rings. The molecule has 1 aliphatic heterocycles. The highest BCUT2D eigenvalue weighted by Gasteiger charge is 2.39. The lowest BCUT2D eigenvalue weighted by Gasteiger charge is -2.41. The number of amides is 2. The van der Waals surface area contributed by atoms with E-state index in [9.17, 15) is 9.59 Å². The van der Waals surface area contributed by atoms with E-state index in [4.69, 9.17) is 4.74 Å². The number of methoxy groups -OCH3 is 1. The summed E-state index contributed by atoms with van der Waals surface area (Å²) in [6, 6.07) is 7.56. The second-order valence-electron chi connectivity index (χ2n) is 9.85. The number of nitrogens with one attached hydrogen (secondary N) is 1. The van der Waals surface area contributed by atoms with Crippen molar-refractivity contribution in [3.05, 3.63) is 35.9 Å². The predicted molar refractivity (Wildman–Crippen MR) is 135 cm³/mol. The molecule has 0 spiro atoms. The van der Waals surface area contributed by atoms with Gasteiger partial charge < -0.3 is 15.0 Å². The van der Waals surface area contributed by atoms with E-state index < -0.39 is 0 Å². The number of carbonyl (C=O) groups excluding carboxylic acids is 2. The van der Waals surface area contributed by atoms with Gasteiger partial charge >= 0.3 is 0 Å². The van der Waals surface area contributed by atoms with Crippen LogP contribution in [0.2, 0.25) is 0 Å². The van der Waals surface area contributed by atoms with Crippen molar-refractivity contribution in [1.82, 2.24) is 15.1 Å². The van der Waals surface area contributed by atoms with Crippen molar-refractivity contribution >= 4 is 26.5 Å². The normalized spacial score (nSPS) is 17.6. The second-order valence-corrected chi connectivity index (χ2v) is 11.5. The summed E-state index contributed by atoms with van der Waals surface area (Å²) in [7, 11) is 2.23. The van der Waals surface area contributed by atoms with Crippen LogP contribution in [0.25, 0.3) is 6.08 Å². The summed E-state index contributed by atoms with van der Waals surface area (Å²) in [5, 5.41) is 2.67. The van der Waals surface area contributed by atoms with Gasteiger partial charge in [0.05, 0.1) is 12.3 Å². The number of carbonyl (C=O) groups is 2. The van der Waals surface area contributed by atoms with E-state index in [0.717, 1.165) is 50.5 Å². The summed E-state index contributed by atoms with van der Waals surface area (Å²) < 4.78 is 5.14. The number of benzene rings is 1. The molecule has 7 heteroatoms. The molecule has 0 radical (unpaired) electrons. The molecular formula is C25H40N3O3P. The van der Waals surface area contributed by atoms with Crippen molar-refractivity contribution in [2.75, 3.05) is 53.0 Å². The fourth-order valence-corrected chi connectivity index (χ4v) is 5.22. The van der Waals surface area contributed by atoms with Crippen molar-refractivity contribution in [3.8, 4) is 5.75 Å². The first-order valence-electron chi connectivity index (χ1n) is 11.4. The molecule has 0 bridgehead atoms. The van der Waals surface area contributed by atoms with Crippen LogP contribution < -0.4 is 10.1 Å².